The fourth-order valence-electron chi connectivity index (χ4n) is 0.776. The van der Waals surface area contributed by atoms with Crippen LogP contribution in [0.2, 0.25) is 0 Å². The number of aldehydes is 1. The van der Waals surface area contributed by atoms with Crippen molar-refractivity contribution >= 4 is 12.4 Å². The normalized spacial score (nSPS) is 18.7. The van der Waals surface area contributed by atoms with E-state index >= 15 is 0 Å². The highest BCUT2D eigenvalue weighted by Gasteiger charge is 2.30. The Morgan fingerprint density at radius 3 is 2.20 bits per heavy atom. The maximum Gasteiger partial charge on any atom is 0.404 e. The summed E-state index contributed by atoms with van der Waals surface area (Å²) < 4.78 is 4.14. The zero-order valence-electron chi connectivity index (χ0n) is 7.68. The Bertz CT molecular complexity index is 221. The molecule has 0 saturated heterocycles. The minimum Gasteiger partial charge on any atom is -0.447 e. The summed E-state index contributed by atoms with van der Waals surface area (Å²) in [6.45, 7) is -0.654. The van der Waals surface area contributed by atoms with Gasteiger partial charge in [-0.15, -0.1) is 0 Å². The van der Waals surface area contributed by atoms with Crippen LogP contribution in [-0.4, -0.2) is 63.8 Å². The third kappa shape index (κ3) is 4.70. The van der Waals surface area contributed by atoms with Gasteiger partial charge in [0.1, 0.15) is 31.0 Å². The lowest BCUT2D eigenvalue weighted by atomic mass is 10.0. The average molecular weight is 223 g/mol. The van der Waals surface area contributed by atoms with E-state index < -0.39 is 37.1 Å². The van der Waals surface area contributed by atoms with Gasteiger partial charge in [-0.2, -0.15) is 0 Å². The van der Waals surface area contributed by atoms with Crippen molar-refractivity contribution in [1.29, 1.82) is 0 Å². The smallest absolute Gasteiger partial charge is 0.404 e. The Balaban J connectivity index is 4.11. The zero-order chi connectivity index (χ0) is 12.0. The lowest BCUT2D eigenvalue weighted by Crippen LogP contribution is -2.47. The molecule has 0 aliphatic rings. The van der Waals surface area contributed by atoms with E-state index in [0.717, 1.165) is 0 Å². The monoisotopic (exact) mass is 223 g/mol. The Hall–Kier alpha value is -1.22. The van der Waals surface area contributed by atoms with Crippen molar-refractivity contribution in [3.63, 3.8) is 0 Å². The Kier molecular flexibility index (Phi) is 5.79. The molecular formula is C7H13NO7. The molecule has 0 aliphatic heterocycles. The summed E-state index contributed by atoms with van der Waals surface area (Å²) in [5.41, 5.74) is 4.58. The van der Waals surface area contributed by atoms with Crippen LogP contribution in [0.25, 0.3) is 0 Å². The predicted octanol–water partition coefficient (Wildman–Crippen LogP) is -3.28. The molecule has 0 fully saturated rings. The first-order chi connectivity index (χ1) is 6.90. The van der Waals surface area contributed by atoms with Crippen LogP contribution in [0.3, 0.4) is 0 Å². The summed E-state index contributed by atoms with van der Waals surface area (Å²) in [4.78, 5) is 20.2. The Morgan fingerprint density at radius 2 is 1.80 bits per heavy atom. The highest BCUT2D eigenvalue weighted by atomic mass is 16.6. The topological polar surface area (TPSA) is 150 Å². The zero-order valence-corrected chi connectivity index (χ0v) is 7.68. The largest absolute Gasteiger partial charge is 0.447 e. The first-order valence-electron chi connectivity index (χ1n) is 4.00. The number of carbonyl (C=O) groups is 2. The second-order valence-corrected chi connectivity index (χ2v) is 2.81. The van der Waals surface area contributed by atoms with Gasteiger partial charge in [0.05, 0.1) is 0 Å². The molecule has 0 unspecified atom stereocenters. The van der Waals surface area contributed by atoms with Crippen LogP contribution < -0.4 is 5.73 Å². The van der Waals surface area contributed by atoms with Crippen molar-refractivity contribution in [1.82, 2.24) is 0 Å². The number of hydrogen-bond donors (Lipinski definition) is 5. The van der Waals surface area contributed by atoms with E-state index in [2.05, 4.69) is 10.5 Å². The van der Waals surface area contributed by atoms with Crippen molar-refractivity contribution in [2.24, 2.45) is 5.73 Å². The molecule has 0 bridgehead atoms. The Labute approximate surface area is 84.9 Å². The first kappa shape index (κ1) is 13.8. The van der Waals surface area contributed by atoms with Crippen LogP contribution in [0, 0.1) is 0 Å². The Morgan fingerprint density at radius 1 is 1.27 bits per heavy atom. The molecule has 0 aromatic carbocycles. The number of aliphatic hydroxyl groups excluding tert-OH is 4. The van der Waals surface area contributed by atoms with Gasteiger partial charge in [0.25, 0.3) is 0 Å². The second kappa shape index (κ2) is 6.30. The number of primary amides is 1. The summed E-state index contributed by atoms with van der Waals surface area (Å²) in [6, 6.07) is 0. The molecule has 0 heterocycles. The second-order valence-electron chi connectivity index (χ2n) is 2.81. The number of nitrogens with two attached hydrogens (primary N) is 1. The van der Waals surface area contributed by atoms with Crippen LogP contribution in [-0.2, 0) is 9.53 Å². The first-order valence-corrected chi connectivity index (χ1v) is 4.00. The molecule has 0 aromatic heterocycles. The minimum atomic E-state index is -1.87. The standard InChI is InChI=1S/C7H13NO7/c8-7(14)15-2-4(11)6(13)5(12)3(10)1-9/h1,3-6,10-13H,2H2,(H2,8,14)/t3-,4+,5+,6+/m0/s1. The van der Waals surface area contributed by atoms with Crippen LogP contribution in [0.15, 0.2) is 0 Å². The van der Waals surface area contributed by atoms with Gasteiger partial charge in [0, 0.05) is 0 Å². The summed E-state index contributed by atoms with van der Waals surface area (Å²) in [5, 5.41) is 36.1. The van der Waals surface area contributed by atoms with E-state index in [1.807, 2.05) is 0 Å². The van der Waals surface area contributed by atoms with Crippen molar-refractivity contribution < 1.29 is 34.8 Å². The third-order valence-corrected chi connectivity index (χ3v) is 1.63. The van der Waals surface area contributed by atoms with Crippen LogP contribution >= 0.6 is 0 Å². The molecular weight excluding hydrogens is 210 g/mol. The summed E-state index contributed by atoms with van der Waals surface area (Å²) in [6.07, 6.45) is -8.34. The van der Waals surface area contributed by atoms with Crippen LogP contribution in [0.4, 0.5) is 4.79 Å². The molecule has 0 saturated carbocycles. The minimum absolute atomic E-state index is 0.00442. The molecule has 0 rings (SSSR count). The predicted molar refractivity (Wildman–Crippen MR) is 45.6 cm³/mol. The fourth-order valence-corrected chi connectivity index (χ4v) is 0.776. The maximum absolute atomic E-state index is 10.1. The van der Waals surface area contributed by atoms with Crippen LogP contribution in [0.5, 0.6) is 0 Å². The SMILES string of the molecule is NC(=O)OC[C@@H](O)[C@@H](O)[C@H](O)[C@@H](O)C=O. The molecule has 1 amide bonds. The van der Waals surface area contributed by atoms with Gasteiger partial charge in [-0.05, 0) is 0 Å². The van der Waals surface area contributed by atoms with Crippen molar-refractivity contribution in [2.45, 2.75) is 24.4 Å². The molecule has 6 N–H and O–H groups in total. The molecule has 88 valence electrons. The van der Waals surface area contributed by atoms with Crippen molar-refractivity contribution in [3.05, 3.63) is 0 Å². The van der Waals surface area contributed by atoms with E-state index in [1.165, 1.54) is 0 Å². The van der Waals surface area contributed by atoms with Gasteiger partial charge >= 0.3 is 6.09 Å². The van der Waals surface area contributed by atoms with Gasteiger partial charge in [-0.25, -0.2) is 4.79 Å². The molecule has 4 atom stereocenters. The van der Waals surface area contributed by atoms with Gasteiger partial charge in [-0.3, -0.25) is 0 Å². The van der Waals surface area contributed by atoms with E-state index in [4.69, 9.17) is 20.4 Å². The molecule has 8 heteroatoms. The van der Waals surface area contributed by atoms with E-state index in [0.29, 0.717) is 0 Å². The number of amides is 1. The van der Waals surface area contributed by atoms with Crippen molar-refractivity contribution in [2.75, 3.05) is 6.61 Å². The fraction of sp³-hybridized carbons (Fsp3) is 0.714. The summed E-state index contributed by atoms with van der Waals surface area (Å²) >= 11 is 0. The van der Waals surface area contributed by atoms with Crippen LogP contribution in [0.1, 0.15) is 0 Å². The highest BCUT2D eigenvalue weighted by molar-refractivity contribution is 5.64. The van der Waals surface area contributed by atoms with Crippen molar-refractivity contribution in [3.8, 4) is 0 Å². The maximum atomic E-state index is 10.1. The van der Waals surface area contributed by atoms with Gasteiger partial charge < -0.3 is 35.7 Å². The molecule has 0 aromatic rings. The lowest BCUT2D eigenvalue weighted by Gasteiger charge is -2.23. The highest BCUT2D eigenvalue weighted by Crippen LogP contribution is 2.04. The summed E-state index contributed by atoms with van der Waals surface area (Å²) in [5.74, 6) is 0. The van der Waals surface area contributed by atoms with E-state index in [1.54, 1.807) is 0 Å². The quantitative estimate of drug-likeness (QED) is 0.296. The number of carbonyl (C=O) groups excluding carboxylic acids is 2. The summed E-state index contributed by atoms with van der Waals surface area (Å²) in [7, 11) is 0. The average Bonchev–Trinajstić information content (AvgIpc) is 2.22. The third-order valence-electron chi connectivity index (χ3n) is 1.63. The van der Waals surface area contributed by atoms with Gasteiger partial charge in [0.15, 0.2) is 6.29 Å². The number of aliphatic hydroxyl groups is 4. The molecule has 0 aliphatic carbocycles. The number of rotatable bonds is 6. The molecule has 8 nitrogen and oxygen atoms in total. The lowest BCUT2D eigenvalue weighted by molar-refractivity contribution is -0.136. The van der Waals surface area contributed by atoms with Gasteiger partial charge in [-0.1, -0.05) is 0 Å². The molecule has 15 heavy (non-hydrogen) atoms. The van der Waals surface area contributed by atoms with E-state index in [9.17, 15) is 9.59 Å². The molecule has 0 radical (unpaired) electrons. The van der Waals surface area contributed by atoms with Gasteiger partial charge in [0.2, 0.25) is 0 Å². The van der Waals surface area contributed by atoms with E-state index in [-0.39, 0.29) is 6.29 Å². The number of hydrogen-bond acceptors (Lipinski definition) is 7. The number of ether oxygens (including phenoxy) is 1. The molecule has 0 spiro atoms.